The van der Waals surface area contributed by atoms with Gasteiger partial charge in [0.1, 0.15) is 17.3 Å². The standard InChI is InChI=1S/C15H21N3O/c1-4-16-10-13-6-5-7-15(17-13)18(3)11-14-9-8-12(2)19-14/h5-9,16H,4,10-11H2,1-3H3. The Morgan fingerprint density at radius 3 is 2.79 bits per heavy atom. The van der Waals surface area contributed by atoms with Crippen LogP contribution in [0.2, 0.25) is 0 Å². The van der Waals surface area contributed by atoms with Crippen LogP contribution in [-0.4, -0.2) is 18.6 Å². The van der Waals surface area contributed by atoms with E-state index in [4.69, 9.17) is 4.42 Å². The quantitative estimate of drug-likeness (QED) is 0.866. The zero-order valence-corrected chi connectivity index (χ0v) is 11.8. The van der Waals surface area contributed by atoms with E-state index in [2.05, 4.69) is 22.1 Å². The molecular weight excluding hydrogens is 238 g/mol. The summed E-state index contributed by atoms with van der Waals surface area (Å²) in [6.07, 6.45) is 0. The van der Waals surface area contributed by atoms with Crippen molar-refractivity contribution in [1.29, 1.82) is 0 Å². The molecule has 2 aromatic heterocycles. The molecule has 0 fully saturated rings. The lowest BCUT2D eigenvalue weighted by Crippen LogP contribution is -2.19. The lowest BCUT2D eigenvalue weighted by Gasteiger charge is -2.17. The molecule has 0 saturated heterocycles. The van der Waals surface area contributed by atoms with Crippen LogP contribution in [0.4, 0.5) is 5.82 Å². The summed E-state index contributed by atoms with van der Waals surface area (Å²) >= 11 is 0. The zero-order valence-electron chi connectivity index (χ0n) is 11.8. The Hall–Kier alpha value is -1.81. The monoisotopic (exact) mass is 259 g/mol. The Bertz CT molecular complexity index is 522. The van der Waals surface area contributed by atoms with E-state index in [0.29, 0.717) is 0 Å². The molecule has 102 valence electrons. The minimum atomic E-state index is 0.728. The Labute approximate surface area is 114 Å². The van der Waals surface area contributed by atoms with E-state index in [-0.39, 0.29) is 0 Å². The first-order valence-corrected chi connectivity index (χ1v) is 6.62. The second-order valence-corrected chi connectivity index (χ2v) is 4.64. The van der Waals surface area contributed by atoms with E-state index in [1.807, 2.05) is 44.3 Å². The van der Waals surface area contributed by atoms with Crippen LogP contribution in [-0.2, 0) is 13.1 Å². The van der Waals surface area contributed by atoms with Gasteiger partial charge in [-0.05, 0) is 37.7 Å². The Morgan fingerprint density at radius 1 is 1.26 bits per heavy atom. The van der Waals surface area contributed by atoms with E-state index < -0.39 is 0 Å². The van der Waals surface area contributed by atoms with Crippen molar-refractivity contribution in [2.45, 2.75) is 26.9 Å². The molecular formula is C15H21N3O. The fourth-order valence-electron chi connectivity index (χ4n) is 1.92. The first-order chi connectivity index (χ1) is 9.19. The maximum absolute atomic E-state index is 5.59. The van der Waals surface area contributed by atoms with Crippen molar-refractivity contribution in [3.63, 3.8) is 0 Å². The molecule has 0 aromatic carbocycles. The molecule has 4 heteroatoms. The number of hydrogen-bond acceptors (Lipinski definition) is 4. The number of aryl methyl sites for hydroxylation is 1. The van der Waals surface area contributed by atoms with E-state index in [0.717, 1.165) is 42.7 Å². The highest BCUT2D eigenvalue weighted by Gasteiger charge is 2.07. The largest absolute Gasteiger partial charge is 0.464 e. The fourth-order valence-corrected chi connectivity index (χ4v) is 1.92. The van der Waals surface area contributed by atoms with Gasteiger partial charge >= 0.3 is 0 Å². The lowest BCUT2D eigenvalue weighted by atomic mass is 10.3. The Kier molecular flexibility index (Phi) is 4.58. The highest BCUT2D eigenvalue weighted by Crippen LogP contribution is 2.15. The van der Waals surface area contributed by atoms with Crippen LogP contribution >= 0.6 is 0 Å². The lowest BCUT2D eigenvalue weighted by molar-refractivity contribution is 0.481. The van der Waals surface area contributed by atoms with Crippen molar-refractivity contribution in [2.24, 2.45) is 0 Å². The molecule has 0 unspecified atom stereocenters. The van der Waals surface area contributed by atoms with Crippen LogP contribution in [0, 0.1) is 6.92 Å². The highest BCUT2D eigenvalue weighted by molar-refractivity contribution is 5.38. The van der Waals surface area contributed by atoms with Gasteiger partial charge in [0.05, 0.1) is 12.2 Å². The number of anilines is 1. The van der Waals surface area contributed by atoms with E-state index in [1.54, 1.807) is 0 Å². The highest BCUT2D eigenvalue weighted by atomic mass is 16.3. The molecule has 19 heavy (non-hydrogen) atoms. The summed E-state index contributed by atoms with van der Waals surface area (Å²) in [5, 5.41) is 3.28. The van der Waals surface area contributed by atoms with Crippen molar-refractivity contribution in [3.8, 4) is 0 Å². The zero-order chi connectivity index (χ0) is 13.7. The van der Waals surface area contributed by atoms with Gasteiger partial charge in [0.15, 0.2) is 0 Å². The molecule has 2 rings (SSSR count). The molecule has 4 nitrogen and oxygen atoms in total. The SMILES string of the molecule is CCNCc1cccc(N(C)Cc2ccc(C)o2)n1. The van der Waals surface area contributed by atoms with E-state index in [9.17, 15) is 0 Å². The summed E-state index contributed by atoms with van der Waals surface area (Å²) < 4.78 is 5.59. The van der Waals surface area contributed by atoms with Crippen molar-refractivity contribution >= 4 is 5.82 Å². The summed E-state index contributed by atoms with van der Waals surface area (Å²) in [5.74, 6) is 2.86. The number of furan rings is 1. The number of nitrogens with one attached hydrogen (secondary N) is 1. The third kappa shape index (κ3) is 3.83. The molecule has 1 N–H and O–H groups in total. The van der Waals surface area contributed by atoms with Gasteiger partial charge in [0.25, 0.3) is 0 Å². The van der Waals surface area contributed by atoms with Gasteiger partial charge in [-0.1, -0.05) is 13.0 Å². The molecule has 0 radical (unpaired) electrons. The van der Waals surface area contributed by atoms with Gasteiger partial charge in [-0.2, -0.15) is 0 Å². The first-order valence-electron chi connectivity index (χ1n) is 6.62. The average molecular weight is 259 g/mol. The van der Waals surface area contributed by atoms with Crippen molar-refractivity contribution in [3.05, 3.63) is 47.5 Å². The summed E-state index contributed by atoms with van der Waals surface area (Å²) in [4.78, 5) is 6.73. The molecule has 0 saturated carbocycles. The second kappa shape index (κ2) is 6.38. The van der Waals surface area contributed by atoms with Gasteiger partial charge in [-0.3, -0.25) is 0 Å². The molecule has 0 aliphatic carbocycles. The number of aromatic nitrogens is 1. The summed E-state index contributed by atoms with van der Waals surface area (Å²) in [5.41, 5.74) is 1.06. The minimum absolute atomic E-state index is 0.728. The maximum Gasteiger partial charge on any atom is 0.129 e. The molecule has 0 spiro atoms. The summed E-state index contributed by atoms with van der Waals surface area (Å²) in [6.45, 7) is 6.53. The van der Waals surface area contributed by atoms with E-state index in [1.165, 1.54) is 0 Å². The third-order valence-electron chi connectivity index (χ3n) is 2.93. The van der Waals surface area contributed by atoms with Crippen molar-refractivity contribution in [1.82, 2.24) is 10.3 Å². The molecule has 0 aliphatic heterocycles. The van der Waals surface area contributed by atoms with E-state index >= 15 is 0 Å². The Balaban J connectivity index is 2.03. The topological polar surface area (TPSA) is 41.3 Å². The van der Waals surface area contributed by atoms with Crippen LogP contribution in [0.15, 0.2) is 34.7 Å². The molecule has 2 aromatic rings. The van der Waals surface area contributed by atoms with Gasteiger partial charge in [0, 0.05) is 13.6 Å². The number of hydrogen-bond donors (Lipinski definition) is 1. The summed E-state index contributed by atoms with van der Waals surface area (Å²) in [7, 11) is 2.03. The number of pyridine rings is 1. The van der Waals surface area contributed by atoms with Gasteiger partial charge in [-0.15, -0.1) is 0 Å². The van der Waals surface area contributed by atoms with Crippen LogP contribution < -0.4 is 10.2 Å². The normalized spacial score (nSPS) is 10.7. The first kappa shape index (κ1) is 13.6. The molecule has 0 atom stereocenters. The molecule has 0 amide bonds. The fraction of sp³-hybridized carbons (Fsp3) is 0.400. The molecule has 2 heterocycles. The number of nitrogens with zero attached hydrogens (tertiary/aromatic N) is 2. The smallest absolute Gasteiger partial charge is 0.129 e. The van der Waals surface area contributed by atoms with Crippen molar-refractivity contribution < 1.29 is 4.42 Å². The van der Waals surface area contributed by atoms with Gasteiger partial charge in [0.2, 0.25) is 0 Å². The summed E-state index contributed by atoms with van der Waals surface area (Å²) in [6, 6.07) is 10.1. The van der Waals surface area contributed by atoms with Crippen LogP contribution in [0.3, 0.4) is 0 Å². The third-order valence-corrected chi connectivity index (χ3v) is 2.93. The van der Waals surface area contributed by atoms with Crippen LogP contribution in [0.25, 0.3) is 0 Å². The number of rotatable bonds is 6. The maximum atomic E-state index is 5.59. The average Bonchev–Trinajstić information content (AvgIpc) is 2.82. The van der Waals surface area contributed by atoms with Gasteiger partial charge < -0.3 is 14.6 Å². The molecule has 0 bridgehead atoms. The Morgan fingerprint density at radius 2 is 2.11 bits per heavy atom. The molecule has 0 aliphatic rings. The van der Waals surface area contributed by atoms with Gasteiger partial charge in [-0.25, -0.2) is 4.98 Å². The predicted octanol–water partition coefficient (Wildman–Crippen LogP) is 2.73. The van der Waals surface area contributed by atoms with Crippen LogP contribution in [0.5, 0.6) is 0 Å². The van der Waals surface area contributed by atoms with Crippen molar-refractivity contribution in [2.75, 3.05) is 18.5 Å². The minimum Gasteiger partial charge on any atom is -0.464 e. The predicted molar refractivity (Wildman–Crippen MR) is 77.2 cm³/mol. The second-order valence-electron chi connectivity index (χ2n) is 4.64. The van der Waals surface area contributed by atoms with Crippen LogP contribution in [0.1, 0.15) is 24.1 Å².